The van der Waals surface area contributed by atoms with Crippen LogP contribution in [0.15, 0.2) is 48.5 Å². The lowest BCUT2D eigenvalue weighted by molar-refractivity contribution is 0.0971. The molecule has 8 heteroatoms. The fraction of sp³-hybridized carbons (Fsp3) is 0.333. The average molecular weight is 430 g/mol. The molecule has 0 bridgehead atoms. The van der Waals surface area contributed by atoms with E-state index in [1.807, 2.05) is 35.9 Å². The van der Waals surface area contributed by atoms with Gasteiger partial charge in [-0.3, -0.25) is 4.79 Å². The molecule has 1 unspecified atom stereocenters. The minimum atomic E-state index is 0.00391. The topological polar surface area (TPSA) is 102 Å². The van der Waals surface area contributed by atoms with Crippen LogP contribution in [0, 0.1) is 0 Å². The lowest BCUT2D eigenvalue weighted by atomic mass is 9.98. The van der Waals surface area contributed by atoms with Crippen molar-refractivity contribution in [1.82, 2.24) is 35.4 Å². The largest absolute Gasteiger partial charge is 0.291 e. The lowest BCUT2D eigenvalue weighted by Gasteiger charge is -2.11. The molecule has 0 aliphatic rings. The van der Waals surface area contributed by atoms with Crippen LogP contribution >= 0.6 is 0 Å². The molecule has 164 valence electrons. The zero-order valence-electron chi connectivity index (χ0n) is 18.6. The summed E-state index contributed by atoms with van der Waals surface area (Å²) < 4.78 is 1.87. The highest BCUT2D eigenvalue weighted by molar-refractivity contribution is 5.92. The minimum Gasteiger partial charge on any atom is -0.291 e. The van der Waals surface area contributed by atoms with Crippen molar-refractivity contribution >= 4 is 5.78 Å². The van der Waals surface area contributed by atoms with Gasteiger partial charge < -0.3 is 0 Å². The molecule has 0 spiro atoms. The Morgan fingerprint density at radius 1 is 1.06 bits per heavy atom. The average Bonchev–Trinajstić information content (AvgIpc) is 3.50. The van der Waals surface area contributed by atoms with Crippen LogP contribution in [0.3, 0.4) is 0 Å². The number of hydrogen-bond donors (Lipinski definition) is 1. The molecule has 4 rings (SSSR count). The molecule has 0 saturated heterocycles. The van der Waals surface area contributed by atoms with E-state index in [2.05, 4.69) is 68.8 Å². The highest BCUT2D eigenvalue weighted by Gasteiger charge is 2.19. The van der Waals surface area contributed by atoms with Crippen LogP contribution in [0.5, 0.6) is 0 Å². The van der Waals surface area contributed by atoms with Crippen molar-refractivity contribution in [3.63, 3.8) is 0 Å². The van der Waals surface area contributed by atoms with Crippen molar-refractivity contribution in [2.75, 3.05) is 0 Å². The van der Waals surface area contributed by atoms with E-state index < -0.39 is 0 Å². The van der Waals surface area contributed by atoms with Crippen molar-refractivity contribution in [2.24, 2.45) is 0 Å². The molecule has 0 aliphatic heterocycles. The molecule has 0 amide bonds. The van der Waals surface area contributed by atoms with Gasteiger partial charge in [0.25, 0.3) is 0 Å². The van der Waals surface area contributed by atoms with E-state index in [0.717, 1.165) is 40.9 Å². The minimum absolute atomic E-state index is 0.00391. The fourth-order valence-corrected chi connectivity index (χ4v) is 3.64. The van der Waals surface area contributed by atoms with E-state index >= 15 is 0 Å². The first kappa shape index (κ1) is 21.5. The zero-order valence-corrected chi connectivity index (χ0v) is 18.6. The summed E-state index contributed by atoms with van der Waals surface area (Å²) in [6.45, 7) is 6.79. The van der Waals surface area contributed by atoms with Crippen LogP contribution in [0.2, 0.25) is 0 Å². The van der Waals surface area contributed by atoms with Gasteiger partial charge >= 0.3 is 0 Å². The maximum atomic E-state index is 12.3. The maximum absolute atomic E-state index is 12.3. The highest BCUT2D eigenvalue weighted by atomic mass is 16.1. The van der Waals surface area contributed by atoms with Crippen molar-refractivity contribution in [1.29, 1.82) is 0 Å². The van der Waals surface area contributed by atoms with Crippen LogP contribution < -0.4 is 0 Å². The van der Waals surface area contributed by atoms with Crippen molar-refractivity contribution in [3.8, 4) is 22.5 Å². The van der Waals surface area contributed by atoms with E-state index in [0.29, 0.717) is 24.6 Å². The molecular weight excluding hydrogens is 402 g/mol. The summed E-state index contributed by atoms with van der Waals surface area (Å²) in [6.07, 6.45) is 2.20. The molecule has 32 heavy (non-hydrogen) atoms. The Labute approximate surface area is 187 Å². The maximum Gasteiger partial charge on any atom is 0.217 e. The van der Waals surface area contributed by atoms with Crippen LogP contribution in [-0.4, -0.2) is 41.2 Å². The molecule has 0 fully saturated rings. The molecule has 2 aromatic carbocycles. The number of aromatic nitrogens is 7. The number of ketones is 1. The Kier molecular flexibility index (Phi) is 6.49. The first-order chi connectivity index (χ1) is 15.6. The Morgan fingerprint density at radius 2 is 1.81 bits per heavy atom. The molecule has 1 N–H and O–H groups in total. The molecule has 0 radical (unpaired) electrons. The van der Waals surface area contributed by atoms with Gasteiger partial charge in [0.1, 0.15) is 5.82 Å². The van der Waals surface area contributed by atoms with Gasteiger partial charge in [-0.05, 0) is 34.7 Å². The van der Waals surface area contributed by atoms with Crippen molar-refractivity contribution < 1.29 is 4.79 Å². The van der Waals surface area contributed by atoms with E-state index in [-0.39, 0.29) is 11.7 Å². The molecule has 8 nitrogen and oxygen atoms in total. The molecular formula is C24H27N7O. The second-order valence-corrected chi connectivity index (χ2v) is 7.91. The normalized spacial score (nSPS) is 12.1. The van der Waals surface area contributed by atoms with Gasteiger partial charge in [-0.15, -0.1) is 15.3 Å². The third kappa shape index (κ3) is 4.49. The Balaban J connectivity index is 1.61. The summed E-state index contributed by atoms with van der Waals surface area (Å²) in [5.74, 6) is 1.98. The number of tetrazole rings is 1. The molecule has 0 aliphatic carbocycles. The second kappa shape index (κ2) is 9.64. The van der Waals surface area contributed by atoms with E-state index in [1.54, 1.807) is 0 Å². The Hall–Kier alpha value is -3.68. The number of rotatable bonds is 9. The van der Waals surface area contributed by atoms with Crippen LogP contribution in [0.25, 0.3) is 22.5 Å². The third-order valence-electron chi connectivity index (χ3n) is 5.59. The number of nitrogens with zero attached hydrogens (tertiary/aromatic N) is 6. The third-order valence-corrected chi connectivity index (χ3v) is 5.59. The molecule has 4 aromatic rings. The van der Waals surface area contributed by atoms with Gasteiger partial charge in [0.2, 0.25) is 17.4 Å². The SMILES string of the molecule is CCCC(=O)c1nc(C(C)CC)n(Cc2ccc(-c3ccccc3-c3nn[nH]n3)cc2)n1. The highest BCUT2D eigenvalue weighted by Crippen LogP contribution is 2.30. The number of nitrogens with one attached hydrogen (secondary N) is 1. The predicted molar refractivity (Wildman–Crippen MR) is 122 cm³/mol. The van der Waals surface area contributed by atoms with E-state index in [4.69, 9.17) is 0 Å². The van der Waals surface area contributed by atoms with Crippen LogP contribution in [0.1, 0.15) is 68.0 Å². The van der Waals surface area contributed by atoms with Crippen LogP contribution in [0.4, 0.5) is 0 Å². The summed E-state index contributed by atoms with van der Waals surface area (Å²) in [7, 11) is 0. The summed E-state index contributed by atoms with van der Waals surface area (Å²) in [6, 6.07) is 16.3. The number of H-pyrrole nitrogens is 1. The Bertz CT molecular complexity index is 1180. The fourth-order valence-electron chi connectivity index (χ4n) is 3.64. The van der Waals surface area contributed by atoms with Gasteiger partial charge in [0.05, 0.1) is 6.54 Å². The van der Waals surface area contributed by atoms with Gasteiger partial charge in [-0.2, -0.15) is 5.21 Å². The van der Waals surface area contributed by atoms with Crippen molar-refractivity contribution in [2.45, 2.75) is 52.5 Å². The van der Waals surface area contributed by atoms with Gasteiger partial charge in [0, 0.05) is 17.9 Å². The number of carbonyl (C=O) groups is 1. The zero-order chi connectivity index (χ0) is 22.5. The number of carbonyl (C=O) groups excluding carboxylic acids is 1. The predicted octanol–water partition coefficient (Wildman–Crippen LogP) is 4.67. The van der Waals surface area contributed by atoms with Gasteiger partial charge in [-0.25, -0.2) is 9.67 Å². The first-order valence-electron chi connectivity index (χ1n) is 11.0. The number of hydrogen-bond acceptors (Lipinski definition) is 6. The standard InChI is InChI=1S/C24H27N7O/c1-4-8-21(32)23-25-24(16(3)5-2)31(28-23)15-17-11-13-18(14-12-17)19-9-6-7-10-20(19)22-26-29-30-27-22/h6-7,9-14,16H,4-5,8,15H2,1-3H3,(H,26,27,29,30). The molecule has 0 saturated carbocycles. The summed E-state index contributed by atoms with van der Waals surface area (Å²) in [5.41, 5.74) is 4.11. The smallest absolute Gasteiger partial charge is 0.217 e. The first-order valence-corrected chi connectivity index (χ1v) is 11.0. The molecule has 2 aromatic heterocycles. The lowest BCUT2D eigenvalue weighted by Crippen LogP contribution is -2.09. The summed E-state index contributed by atoms with van der Waals surface area (Å²) in [4.78, 5) is 16.9. The number of benzene rings is 2. The quantitative estimate of drug-likeness (QED) is 0.388. The van der Waals surface area contributed by atoms with Crippen molar-refractivity contribution in [3.05, 3.63) is 65.7 Å². The molecule has 2 heterocycles. The van der Waals surface area contributed by atoms with Gasteiger partial charge in [0.15, 0.2) is 0 Å². The van der Waals surface area contributed by atoms with E-state index in [9.17, 15) is 4.79 Å². The summed E-state index contributed by atoms with van der Waals surface area (Å²) in [5, 5.41) is 19.0. The second-order valence-electron chi connectivity index (χ2n) is 7.91. The number of Topliss-reactive ketones (excluding diaryl/α,β-unsaturated/α-hetero) is 1. The number of aromatic amines is 1. The Morgan fingerprint density at radius 3 is 2.47 bits per heavy atom. The van der Waals surface area contributed by atoms with Gasteiger partial charge in [-0.1, -0.05) is 69.3 Å². The van der Waals surface area contributed by atoms with Crippen LogP contribution in [-0.2, 0) is 6.54 Å². The summed E-state index contributed by atoms with van der Waals surface area (Å²) >= 11 is 0. The molecule has 1 atom stereocenters. The monoisotopic (exact) mass is 429 g/mol. The van der Waals surface area contributed by atoms with E-state index in [1.165, 1.54) is 0 Å².